The summed E-state index contributed by atoms with van der Waals surface area (Å²) in [5.74, 6) is 1.33. The van der Waals surface area contributed by atoms with E-state index in [-0.39, 0.29) is 12.5 Å². The van der Waals surface area contributed by atoms with Crippen LogP contribution in [0.15, 0.2) is 34.9 Å². The molecule has 8 atom stereocenters. The van der Waals surface area contributed by atoms with Gasteiger partial charge in [-0.2, -0.15) is 0 Å². The number of hydrogen-bond acceptors (Lipinski definition) is 5. The Morgan fingerprint density at radius 2 is 1.90 bits per heavy atom. The van der Waals surface area contributed by atoms with Crippen LogP contribution in [0.3, 0.4) is 0 Å². The monoisotopic (exact) mass is 420 g/mol. The average molecular weight is 421 g/mol. The van der Waals surface area contributed by atoms with Gasteiger partial charge in [0.05, 0.1) is 12.7 Å². The van der Waals surface area contributed by atoms with Gasteiger partial charge in [-0.25, -0.2) is 0 Å². The van der Waals surface area contributed by atoms with E-state index in [9.17, 15) is 20.4 Å². The predicted octanol–water partition coefficient (Wildman–Crippen LogP) is 3.27. The number of aliphatic hydroxyl groups is 4. The summed E-state index contributed by atoms with van der Waals surface area (Å²) in [4.78, 5) is 0. The van der Waals surface area contributed by atoms with E-state index in [1.807, 2.05) is 6.92 Å². The Balaban J connectivity index is 1.47. The third-order valence-electron chi connectivity index (χ3n) is 7.46. The highest BCUT2D eigenvalue weighted by Crippen LogP contribution is 2.38. The van der Waals surface area contributed by atoms with Crippen LogP contribution < -0.4 is 0 Å². The summed E-state index contributed by atoms with van der Waals surface area (Å²) in [5, 5.41) is 39.6. The molecule has 3 rings (SSSR count). The minimum Gasteiger partial charge on any atom is -0.394 e. The second-order valence-corrected chi connectivity index (χ2v) is 9.71. The summed E-state index contributed by atoms with van der Waals surface area (Å²) < 4.78 is 5.70. The van der Waals surface area contributed by atoms with Gasteiger partial charge in [-0.1, -0.05) is 37.6 Å². The first-order valence-electron chi connectivity index (χ1n) is 11.7. The molecule has 0 aromatic heterocycles. The van der Waals surface area contributed by atoms with Crippen molar-refractivity contribution in [2.75, 3.05) is 6.61 Å². The molecule has 2 aliphatic carbocycles. The molecule has 1 aliphatic heterocycles. The van der Waals surface area contributed by atoms with E-state index in [2.05, 4.69) is 32.1 Å². The molecule has 0 bridgehead atoms. The molecule has 0 radical (unpaired) electrons. The first-order chi connectivity index (χ1) is 14.3. The molecule has 4 N–H and O–H groups in total. The molecular weight excluding hydrogens is 380 g/mol. The Kier molecular flexibility index (Phi) is 8.33. The molecule has 4 unspecified atom stereocenters. The predicted molar refractivity (Wildman–Crippen MR) is 118 cm³/mol. The zero-order chi connectivity index (χ0) is 21.8. The third-order valence-corrected chi connectivity index (χ3v) is 7.46. The second-order valence-electron chi connectivity index (χ2n) is 9.71. The molecule has 1 saturated heterocycles. The normalized spacial score (nSPS) is 38.5. The Hall–Kier alpha value is -0.980. The highest BCUT2D eigenvalue weighted by molar-refractivity contribution is 5.37. The van der Waals surface area contributed by atoms with Crippen LogP contribution in [0.25, 0.3) is 0 Å². The fourth-order valence-electron chi connectivity index (χ4n) is 5.00. The van der Waals surface area contributed by atoms with Crippen molar-refractivity contribution in [1.29, 1.82) is 0 Å². The van der Waals surface area contributed by atoms with Crippen molar-refractivity contribution in [3.05, 3.63) is 34.9 Å². The van der Waals surface area contributed by atoms with Crippen LogP contribution >= 0.6 is 0 Å². The molecule has 0 amide bonds. The fraction of sp³-hybridized carbons (Fsp3) is 0.760. The van der Waals surface area contributed by atoms with Gasteiger partial charge in [0.25, 0.3) is 0 Å². The van der Waals surface area contributed by atoms with Crippen molar-refractivity contribution in [1.82, 2.24) is 0 Å². The maximum atomic E-state index is 10.3. The van der Waals surface area contributed by atoms with Crippen molar-refractivity contribution in [3.8, 4) is 0 Å². The lowest BCUT2D eigenvalue weighted by Gasteiger charge is -2.42. The second kappa shape index (κ2) is 10.6. The molecule has 170 valence electrons. The highest BCUT2D eigenvalue weighted by atomic mass is 16.5. The van der Waals surface area contributed by atoms with Gasteiger partial charge < -0.3 is 25.2 Å². The largest absolute Gasteiger partial charge is 0.394 e. The number of hydrogen-bond donors (Lipinski definition) is 4. The summed E-state index contributed by atoms with van der Waals surface area (Å²) in [6.07, 6.45) is 9.90. The number of allylic oxidation sites excluding steroid dienone is 6. The van der Waals surface area contributed by atoms with E-state index in [0.29, 0.717) is 11.8 Å². The van der Waals surface area contributed by atoms with Crippen molar-refractivity contribution >= 4 is 0 Å². The molecule has 3 aliphatic rings. The lowest BCUT2D eigenvalue weighted by Crippen LogP contribution is -2.60. The molecule has 0 aromatic carbocycles. The van der Waals surface area contributed by atoms with E-state index in [1.165, 1.54) is 31.3 Å². The van der Waals surface area contributed by atoms with Gasteiger partial charge in [-0.05, 0) is 80.8 Å². The molecule has 0 spiro atoms. The Morgan fingerprint density at radius 3 is 2.50 bits per heavy atom. The summed E-state index contributed by atoms with van der Waals surface area (Å²) in [5.41, 5.74) is 4.50. The summed E-state index contributed by atoms with van der Waals surface area (Å²) in [6.45, 7) is 6.12. The number of aliphatic hydroxyl groups excluding tert-OH is 4. The number of ether oxygens (including phenoxy) is 1. The molecule has 0 saturated carbocycles. The maximum absolute atomic E-state index is 10.3. The lowest BCUT2D eigenvalue weighted by molar-refractivity contribution is -0.240. The van der Waals surface area contributed by atoms with Crippen LogP contribution in [0.5, 0.6) is 0 Å². The quantitative estimate of drug-likeness (QED) is 0.453. The summed E-state index contributed by atoms with van der Waals surface area (Å²) >= 11 is 0. The molecule has 5 heteroatoms. The standard InChI is InChI=1S/C25H40O5/c1-15(8-10-18-11-12-20(13-17(18)3)19-5-4-6-19)7-9-16(2)25-24(29)23(28)22(27)21(14-26)30-25/h5,8,13,16-18,21-29H,4,6-7,9-12,14H2,1-3H3/b15-8+/t16-,17-,18?,21-,22+,23?,24?,25?/m0/s1. The number of rotatable bonds is 8. The van der Waals surface area contributed by atoms with Gasteiger partial charge in [-0.15, -0.1) is 0 Å². The molecule has 5 nitrogen and oxygen atoms in total. The van der Waals surface area contributed by atoms with Crippen LogP contribution in [-0.2, 0) is 4.74 Å². The summed E-state index contributed by atoms with van der Waals surface area (Å²) in [6, 6.07) is 0. The van der Waals surface area contributed by atoms with Gasteiger partial charge in [0.15, 0.2) is 0 Å². The molecular formula is C25H40O5. The first-order valence-corrected chi connectivity index (χ1v) is 11.7. The molecule has 0 aromatic rings. The molecule has 1 heterocycles. The topological polar surface area (TPSA) is 90.2 Å². The third kappa shape index (κ3) is 5.43. The highest BCUT2D eigenvalue weighted by Gasteiger charge is 2.45. The van der Waals surface area contributed by atoms with Gasteiger partial charge in [-0.3, -0.25) is 0 Å². The van der Waals surface area contributed by atoms with Gasteiger partial charge in [0, 0.05) is 0 Å². The SMILES string of the molecule is C/C(=C\CC1CCC(C2=CCC2)=C[C@@H]1C)CC[C@H](C)C1O[C@@H](CO)[C@@H](O)C(O)C1O. The van der Waals surface area contributed by atoms with Crippen LogP contribution in [0, 0.1) is 17.8 Å². The van der Waals surface area contributed by atoms with Gasteiger partial charge in [0.1, 0.15) is 24.4 Å². The maximum Gasteiger partial charge on any atom is 0.111 e. The van der Waals surface area contributed by atoms with Crippen molar-refractivity contribution in [2.45, 2.75) is 96.2 Å². The van der Waals surface area contributed by atoms with Crippen LogP contribution in [0.2, 0.25) is 0 Å². The Bertz CT molecular complexity index is 664. The lowest BCUT2D eigenvalue weighted by atomic mass is 9.75. The minimum absolute atomic E-state index is 0.00870. The van der Waals surface area contributed by atoms with Crippen LogP contribution in [-0.4, -0.2) is 57.6 Å². The average Bonchev–Trinajstić information content (AvgIpc) is 2.68. The van der Waals surface area contributed by atoms with Crippen LogP contribution in [0.1, 0.15) is 65.7 Å². The summed E-state index contributed by atoms with van der Waals surface area (Å²) in [7, 11) is 0. The molecule has 1 fully saturated rings. The first kappa shape index (κ1) is 23.7. The van der Waals surface area contributed by atoms with E-state index in [4.69, 9.17) is 4.74 Å². The smallest absolute Gasteiger partial charge is 0.111 e. The van der Waals surface area contributed by atoms with Gasteiger partial charge in [0.2, 0.25) is 0 Å². The molecule has 30 heavy (non-hydrogen) atoms. The van der Waals surface area contributed by atoms with Crippen molar-refractivity contribution in [2.24, 2.45) is 17.8 Å². The fourth-order valence-corrected chi connectivity index (χ4v) is 5.00. The van der Waals surface area contributed by atoms with E-state index < -0.39 is 30.5 Å². The minimum atomic E-state index is -1.29. The Morgan fingerprint density at radius 1 is 1.17 bits per heavy atom. The zero-order valence-corrected chi connectivity index (χ0v) is 18.7. The van der Waals surface area contributed by atoms with Crippen LogP contribution in [0.4, 0.5) is 0 Å². The Labute approximate surface area is 181 Å². The van der Waals surface area contributed by atoms with E-state index in [0.717, 1.165) is 19.3 Å². The van der Waals surface area contributed by atoms with E-state index >= 15 is 0 Å². The van der Waals surface area contributed by atoms with E-state index in [1.54, 1.807) is 11.1 Å². The van der Waals surface area contributed by atoms with Gasteiger partial charge >= 0.3 is 0 Å². The zero-order valence-electron chi connectivity index (χ0n) is 18.7. The van der Waals surface area contributed by atoms with Crippen molar-refractivity contribution in [3.63, 3.8) is 0 Å². The van der Waals surface area contributed by atoms with Crippen molar-refractivity contribution < 1.29 is 25.2 Å².